The maximum Gasteiger partial charge on any atom is 0.0933 e. The molecule has 0 bridgehead atoms. The monoisotopic (exact) mass is 483 g/mol. The molecule has 0 unspecified atom stereocenters. The minimum atomic E-state index is 0. The second kappa shape index (κ2) is 14.6. The number of para-hydroxylation sites is 2. The van der Waals surface area contributed by atoms with Gasteiger partial charge in [-0.05, 0) is 24.3 Å². The van der Waals surface area contributed by atoms with Crippen LogP contribution in [0.5, 0.6) is 0 Å². The molecule has 0 atom stereocenters. The van der Waals surface area contributed by atoms with Crippen molar-refractivity contribution in [2.24, 2.45) is 0 Å². The first kappa shape index (κ1) is 28.6. The third kappa shape index (κ3) is 7.38. The largest absolute Gasteiger partial charge is 0.412 e. The van der Waals surface area contributed by atoms with E-state index >= 15 is 0 Å². The number of benzene rings is 2. The van der Waals surface area contributed by atoms with Gasteiger partial charge in [-0.1, -0.05) is 36.4 Å². The maximum absolute atomic E-state index is 4.47. The Morgan fingerprint density at radius 2 is 0.968 bits per heavy atom. The lowest BCUT2D eigenvalue weighted by Gasteiger charge is -2.11. The van der Waals surface area contributed by atoms with Gasteiger partial charge in [0, 0.05) is 49.3 Å². The van der Waals surface area contributed by atoms with E-state index in [0.717, 1.165) is 59.4 Å². The van der Waals surface area contributed by atoms with Crippen molar-refractivity contribution in [1.82, 2.24) is 15.3 Å². The van der Waals surface area contributed by atoms with Crippen LogP contribution in [-0.4, -0.2) is 41.6 Å². The van der Waals surface area contributed by atoms with Gasteiger partial charge in [0.15, 0.2) is 0 Å². The number of nitrogens with zero attached hydrogens (tertiary/aromatic N) is 2. The number of hydrogen-bond donors (Lipinski definition) is 3. The van der Waals surface area contributed by atoms with Gasteiger partial charge in [0.25, 0.3) is 0 Å². The summed E-state index contributed by atoms with van der Waals surface area (Å²) in [5.74, 6) is 0. The highest BCUT2D eigenvalue weighted by Gasteiger charge is 2.01. The molecule has 6 nitrogen and oxygen atoms in total. The molecule has 5 N–H and O–H groups in total. The lowest BCUT2D eigenvalue weighted by Crippen LogP contribution is -2.27. The van der Waals surface area contributed by atoms with Crippen molar-refractivity contribution < 1.29 is 5.48 Å². The molecular weight excluding hydrogens is 457 g/mol. The third-order valence-corrected chi connectivity index (χ3v) is 4.50. The molecule has 2 heterocycles. The summed E-state index contributed by atoms with van der Waals surface area (Å²) in [6, 6.07) is 20.5. The Labute approximate surface area is 200 Å². The molecule has 0 aliphatic heterocycles. The van der Waals surface area contributed by atoms with Gasteiger partial charge in [0.1, 0.15) is 0 Å². The predicted octanol–water partition coefficient (Wildman–Crippen LogP) is 4.34. The standard InChI is InChI=1S/C22H23N5.3ClH.H2O/c1-5-17-7-3-11-26-21(17)19(9-1)24-15-13-23-14-16-25-20-10-2-6-18-8-4-12-27-22(18)20;;;;/h1-12,23-25H,13-16H2;3*1H;1H2. The van der Waals surface area contributed by atoms with Crippen molar-refractivity contribution in [3.63, 3.8) is 0 Å². The zero-order valence-electron chi connectivity index (χ0n) is 16.9. The molecule has 31 heavy (non-hydrogen) atoms. The van der Waals surface area contributed by atoms with Gasteiger partial charge in [-0.3, -0.25) is 9.97 Å². The van der Waals surface area contributed by atoms with E-state index in [4.69, 9.17) is 0 Å². The van der Waals surface area contributed by atoms with E-state index in [2.05, 4.69) is 74.4 Å². The molecule has 0 fully saturated rings. The van der Waals surface area contributed by atoms with Crippen LogP contribution in [0.3, 0.4) is 0 Å². The van der Waals surface area contributed by atoms with Crippen LogP contribution in [0.4, 0.5) is 11.4 Å². The van der Waals surface area contributed by atoms with Crippen LogP contribution in [0.25, 0.3) is 21.8 Å². The topological polar surface area (TPSA) is 93.4 Å². The van der Waals surface area contributed by atoms with E-state index < -0.39 is 0 Å². The number of hydrogen-bond acceptors (Lipinski definition) is 5. The first-order valence-electron chi connectivity index (χ1n) is 9.28. The summed E-state index contributed by atoms with van der Waals surface area (Å²) in [7, 11) is 0. The lowest BCUT2D eigenvalue weighted by molar-refractivity contribution is 0.719. The van der Waals surface area contributed by atoms with Gasteiger partial charge in [-0.25, -0.2) is 0 Å². The van der Waals surface area contributed by atoms with Crippen molar-refractivity contribution in [3.05, 3.63) is 73.1 Å². The van der Waals surface area contributed by atoms with Gasteiger partial charge in [-0.2, -0.15) is 0 Å². The Morgan fingerprint density at radius 1 is 0.548 bits per heavy atom. The fraction of sp³-hybridized carbons (Fsp3) is 0.182. The van der Waals surface area contributed by atoms with E-state index in [1.54, 1.807) is 0 Å². The minimum absolute atomic E-state index is 0. The lowest BCUT2D eigenvalue weighted by atomic mass is 10.2. The number of fused-ring (bicyclic) bond motifs is 2. The summed E-state index contributed by atoms with van der Waals surface area (Å²) in [6.07, 6.45) is 3.67. The molecule has 0 saturated heterocycles. The number of aromatic nitrogens is 2. The van der Waals surface area contributed by atoms with E-state index in [0.29, 0.717) is 0 Å². The van der Waals surface area contributed by atoms with E-state index in [1.807, 2.05) is 24.5 Å². The highest BCUT2D eigenvalue weighted by Crippen LogP contribution is 2.21. The van der Waals surface area contributed by atoms with Crippen molar-refractivity contribution in [2.45, 2.75) is 0 Å². The Hall–Kier alpha value is -2.35. The molecule has 0 spiro atoms. The summed E-state index contributed by atoms with van der Waals surface area (Å²) in [6.45, 7) is 3.48. The molecule has 9 heteroatoms. The summed E-state index contributed by atoms with van der Waals surface area (Å²) in [5, 5.41) is 12.7. The Kier molecular flexibility index (Phi) is 13.5. The number of anilines is 2. The first-order chi connectivity index (χ1) is 13.4. The fourth-order valence-electron chi connectivity index (χ4n) is 3.19. The van der Waals surface area contributed by atoms with Crippen LogP contribution >= 0.6 is 37.2 Å². The van der Waals surface area contributed by atoms with Crippen LogP contribution in [0, 0.1) is 0 Å². The molecule has 0 radical (unpaired) electrons. The Bertz CT molecular complexity index is 958. The van der Waals surface area contributed by atoms with Crippen molar-refractivity contribution in [2.75, 3.05) is 36.8 Å². The normalized spacial score (nSPS) is 9.55. The van der Waals surface area contributed by atoms with E-state index in [9.17, 15) is 0 Å². The zero-order valence-corrected chi connectivity index (χ0v) is 19.3. The zero-order chi connectivity index (χ0) is 18.3. The number of nitrogens with one attached hydrogen (secondary N) is 3. The molecular formula is C22H28Cl3N5O. The molecule has 2 aromatic heterocycles. The highest BCUT2D eigenvalue weighted by atomic mass is 35.5. The SMILES string of the molecule is Cl.Cl.Cl.O.c1cnc2c(NCCNCCNc3cccc4cccnc34)cccc2c1. The third-order valence-electron chi connectivity index (χ3n) is 4.50. The second-order valence-electron chi connectivity index (χ2n) is 6.36. The van der Waals surface area contributed by atoms with E-state index in [-0.39, 0.29) is 42.7 Å². The van der Waals surface area contributed by atoms with Crippen molar-refractivity contribution in [3.8, 4) is 0 Å². The van der Waals surface area contributed by atoms with Gasteiger partial charge >= 0.3 is 0 Å². The molecule has 2 aromatic carbocycles. The molecule has 0 amide bonds. The summed E-state index contributed by atoms with van der Waals surface area (Å²) >= 11 is 0. The van der Waals surface area contributed by atoms with Crippen molar-refractivity contribution >= 4 is 70.4 Å². The average molecular weight is 485 g/mol. The van der Waals surface area contributed by atoms with Gasteiger partial charge in [0.2, 0.25) is 0 Å². The number of pyridine rings is 2. The van der Waals surface area contributed by atoms with Gasteiger partial charge in [0.05, 0.1) is 22.4 Å². The molecule has 4 rings (SSSR count). The van der Waals surface area contributed by atoms with Crippen LogP contribution in [0.2, 0.25) is 0 Å². The van der Waals surface area contributed by atoms with Crippen LogP contribution < -0.4 is 16.0 Å². The molecule has 4 aromatic rings. The smallest absolute Gasteiger partial charge is 0.0933 e. The Balaban J connectivity index is 0.00000225. The maximum atomic E-state index is 4.47. The summed E-state index contributed by atoms with van der Waals surface area (Å²) < 4.78 is 0. The second-order valence-corrected chi connectivity index (χ2v) is 6.36. The highest BCUT2D eigenvalue weighted by molar-refractivity contribution is 5.90. The predicted molar refractivity (Wildman–Crippen MR) is 139 cm³/mol. The van der Waals surface area contributed by atoms with Gasteiger partial charge in [-0.15, -0.1) is 37.2 Å². The van der Waals surface area contributed by atoms with Crippen molar-refractivity contribution in [1.29, 1.82) is 0 Å². The minimum Gasteiger partial charge on any atom is -0.412 e. The van der Waals surface area contributed by atoms with Gasteiger partial charge < -0.3 is 21.4 Å². The Morgan fingerprint density at radius 3 is 1.42 bits per heavy atom. The average Bonchev–Trinajstić information content (AvgIpc) is 2.73. The molecule has 0 aliphatic rings. The quantitative estimate of drug-likeness (QED) is 0.324. The van der Waals surface area contributed by atoms with Crippen LogP contribution in [0.1, 0.15) is 0 Å². The summed E-state index contributed by atoms with van der Waals surface area (Å²) in [5.41, 5.74) is 4.19. The molecule has 0 aliphatic carbocycles. The van der Waals surface area contributed by atoms with E-state index in [1.165, 1.54) is 0 Å². The molecule has 168 valence electrons. The van der Waals surface area contributed by atoms with Crippen LogP contribution in [0.15, 0.2) is 73.1 Å². The first-order valence-corrected chi connectivity index (χ1v) is 9.28. The van der Waals surface area contributed by atoms with Crippen LogP contribution in [-0.2, 0) is 0 Å². The summed E-state index contributed by atoms with van der Waals surface area (Å²) in [4.78, 5) is 8.94. The fourth-order valence-corrected chi connectivity index (χ4v) is 3.19. The number of halogens is 3. The number of rotatable bonds is 8. The molecule has 0 saturated carbocycles.